The lowest BCUT2D eigenvalue weighted by Crippen LogP contribution is -2.26. The van der Waals surface area contributed by atoms with Crippen molar-refractivity contribution in [3.8, 4) is 0 Å². The molecule has 1 aromatic carbocycles. The van der Waals surface area contributed by atoms with Gasteiger partial charge in [0.2, 0.25) is 5.89 Å². The first kappa shape index (κ1) is 14.3. The van der Waals surface area contributed by atoms with Gasteiger partial charge in [0.05, 0.1) is 6.10 Å². The lowest BCUT2D eigenvalue weighted by Gasteiger charge is -2.26. The van der Waals surface area contributed by atoms with Crippen LogP contribution in [-0.2, 0) is 12.8 Å². The van der Waals surface area contributed by atoms with E-state index in [1.54, 1.807) is 0 Å². The molecule has 0 saturated heterocycles. The van der Waals surface area contributed by atoms with Crippen molar-refractivity contribution in [3.63, 3.8) is 0 Å². The third kappa shape index (κ3) is 3.50. The Labute approximate surface area is 125 Å². The SMILES string of the molecule is Cc1ccccc1Cc1noc(CC2CCCCC2O)n1. The molecule has 0 aliphatic heterocycles. The zero-order chi connectivity index (χ0) is 14.7. The molecule has 1 aromatic heterocycles. The maximum Gasteiger partial charge on any atom is 0.227 e. The molecule has 1 aliphatic rings. The van der Waals surface area contributed by atoms with E-state index in [-0.39, 0.29) is 12.0 Å². The summed E-state index contributed by atoms with van der Waals surface area (Å²) in [6.07, 6.45) is 5.44. The average molecular weight is 286 g/mol. The monoisotopic (exact) mass is 286 g/mol. The average Bonchev–Trinajstić information content (AvgIpc) is 2.91. The molecule has 0 amide bonds. The highest BCUT2D eigenvalue weighted by atomic mass is 16.5. The van der Waals surface area contributed by atoms with Gasteiger partial charge < -0.3 is 9.63 Å². The van der Waals surface area contributed by atoms with Crippen LogP contribution in [0.2, 0.25) is 0 Å². The predicted octanol–water partition coefficient (Wildman–Crippen LogP) is 3.06. The van der Waals surface area contributed by atoms with Gasteiger partial charge in [-0.25, -0.2) is 0 Å². The summed E-state index contributed by atoms with van der Waals surface area (Å²) in [5, 5.41) is 14.1. The second kappa shape index (κ2) is 6.39. The smallest absolute Gasteiger partial charge is 0.227 e. The zero-order valence-electron chi connectivity index (χ0n) is 12.5. The van der Waals surface area contributed by atoms with E-state index in [4.69, 9.17) is 4.52 Å². The Kier molecular flexibility index (Phi) is 4.34. The Balaban J connectivity index is 1.65. The van der Waals surface area contributed by atoms with Gasteiger partial charge in [-0.15, -0.1) is 0 Å². The number of aryl methyl sites for hydroxylation is 1. The van der Waals surface area contributed by atoms with Crippen LogP contribution in [0.15, 0.2) is 28.8 Å². The van der Waals surface area contributed by atoms with E-state index < -0.39 is 0 Å². The van der Waals surface area contributed by atoms with Gasteiger partial charge in [-0.05, 0) is 36.8 Å². The fourth-order valence-corrected chi connectivity index (χ4v) is 3.07. The van der Waals surface area contributed by atoms with E-state index in [2.05, 4.69) is 29.2 Å². The van der Waals surface area contributed by atoms with Gasteiger partial charge in [0.25, 0.3) is 0 Å². The van der Waals surface area contributed by atoms with E-state index in [0.29, 0.717) is 18.7 Å². The zero-order valence-corrected chi connectivity index (χ0v) is 12.5. The van der Waals surface area contributed by atoms with E-state index in [9.17, 15) is 5.11 Å². The summed E-state index contributed by atoms with van der Waals surface area (Å²) >= 11 is 0. The van der Waals surface area contributed by atoms with Crippen molar-refractivity contribution < 1.29 is 9.63 Å². The van der Waals surface area contributed by atoms with Crippen molar-refractivity contribution in [1.29, 1.82) is 0 Å². The summed E-state index contributed by atoms with van der Waals surface area (Å²) < 4.78 is 5.36. The highest BCUT2D eigenvalue weighted by Crippen LogP contribution is 2.27. The molecule has 1 heterocycles. The molecule has 112 valence electrons. The van der Waals surface area contributed by atoms with E-state index in [1.165, 1.54) is 17.5 Å². The van der Waals surface area contributed by atoms with Crippen molar-refractivity contribution in [3.05, 3.63) is 47.1 Å². The largest absolute Gasteiger partial charge is 0.393 e. The van der Waals surface area contributed by atoms with Crippen molar-refractivity contribution in [2.24, 2.45) is 5.92 Å². The molecule has 4 heteroatoms. The van der Waals surface area contributed by atoms with Crippen molar-refractivity contribution in [2.75, 3.05) is 0 Å². The number of aliphatic hydroxyl groups is 1. The van der Waals surface area contributed by atoms with Gasteiger partial charge in [-0.2, -0.15) is 4.98 Å². The van der Waals surface area contributed by atoms with Crippen LogP contribution in [-0.4, -0.2) is 21.4 Å². The lowest BCUT2D eigenvalue weighted by atomic mass is 9.84. The number of hydrogen-bond donors (Lipinski definition) is 1. The molecular formula is C17H22N2O2. The molecule has 2 unspecified atom stereocenters. The second-order valence-electron chi connectivity index (χ2n) is 6.02. The molecular weight excluding hydrogens is 264 g/mol. The summed E-state index contributed by atoms with van der Waals surface area (Å²) in [6, 6.07) is 8.25. The molecule has 0 bridgehead atoms. The van der Waals surface area contributed by atoms with Crippen LogP contribution in [0.1, 0.15) is 48.5 Å². The summed E-state index contributed by atoms with van der Waals surface area (Å²) in [5.41, 5.74) is 2.47. The number of aliphatic hydroxyl groups excluding tert-OH is 1. The predicted molar refractivity (Wildman–Crippen MR) is 80.0 cm³/mol. The molecule has 1 aliphatic carbocycles. The molecule has 2 atom stereocenters. The first-order valence-electron chi connectivity index (χ1n) is 7.76. The van der Waals surface area contributed by atoms with Crippen LogP contribution in [0.25, 0.3) is 0 Å². The third-order valence-corrected chi connectivity index (χ3v) is 4.43. The molecule has 0 spiro atoms. The fraction of sp³-hybridized carbons (Fsp3) is 0.529. The van der Waals surface area contributed by atoms with E-state index in [0.717, 1.165) is 25.1 Å². The van der Waals surface area contributed by atoms with Gasteiger partial charge in [-0.3, -0.25) is 0 Å². The third-order valence-electron chi connectivity index (χ3n) is 4.43. The fourth-order valence-electron chi connectivity index (χ4n) is 3.07. The molecule has 1 N–H and O–H groups in total. The Hall–Kier alpha value is -1.68. The number of nitrogens with zero attached hydrogens (tertiary/aromatic N) is 2. The number of hydrogen-bond acceptors (Lipinski definition) is 4. The van der Waals surface area contributed by atoms with Crippen LogP contribution in [0.4, 0.5) is 0 Å². The Morgan fingerprint density at radius 2 is 2.05 bits per heavy atom. The van der Waals surface area contributed by atoms with Crippen molar-refractivity contribution >= 4 is 0 Å². The first-order valence-corrected chi connectivity index (χ1v) is 7.76. The van der Waals surface area contributed by atoms with Crippen LogP contribution < -0.4 is 0 Å². The first-order chi connectivity index (χ1) is 10.2. The minimum absolute atomic E-state index is 0.217. The maximum absolute atomic E-state index is 10.0. The highest BCUT2D eigenvalue weighted by Gasteiger charge is 2.25. The topological polar surface area (TPSA) is 59.2 Å². The molecule has 1 saturated carbocycles. The molecule has 21 heavy (non-hydrogen) atoms. The van der Waals surface area contributed by atoms with Gasteiger partial charge in [-0.1, -0.05) is 42.3 Å². The molecule has 0 radical (unpaired) electrons. The molecule has 1 fully saturated rings. The van der Waals surface area contributed by atoms with Gasteiger partial charge >= 0.3 is 0 Å². The summed E-state index contributed by atoms with van der Waals surface area (Å²) in [4.78, 5) is 4.49. The van der Waals surface area contributed by atoms with Gasteiger partial charge in [0.15, 0.2) is 5.82 Å². The van der Waals surface area contributed by atoms with Crippen LogP contribution >= 0.6 is 0 Å². The standard InChI is InChI=1S/C17H22N2O2/c1-12-6-2-3-7-13(12)10-16-18-17(21-19-16)11-14-8-4-5-9-15(14)20/h2-3,6-7,14-15,20H,4-5,8-11H2,1H3. The number of aromatic nitrogens is 2. The lowest BCUT2D eigenvalue weighted by molar-refractivity contribution is 0.0657. The molecule has 3 rings (SSSR count). The molecule has 4 nitrogen and oxygen atoms in total. The summed E-state index contributed by atoms with van der Waals surface area (Å²) in [6.45, 7) is 2.09. The summed E-state index contributed by atoms with van der Waals surface area (Å²) in [7, 11) is 0. The van der Waals surface area contributed by atoms with Crippen LogP contribution in [0.3, 0.4) is 0 Å². The van der Waals surface area contributed by atoms with Crippen LogP contribution in [0.5, 0.6) is 0 Å². The number of rotatable bonds is 4. The maximum atomic E-state index is 10.0. The normalized spacial score (nSPS) is 22.4. The van der Waals surface area contributed by atoms with Crippen molar-refractivity contribution in [2.45, 2.75) is 51.6 Å². The van der Waals surface area contributed by atoms with Gasteiger partial charge in [0.1, 0.15) is 0 Å². The Morgan fingerprint density at radius 3 is 2.86 bits per heavy atom. The number of benzene rings is 1. The molecule has 2 aromatic rings. The highest BCUT2D eigenvalue weighted by molar-refractivity contribution is 5.27. The Morgan fingerprint density at radius 1 is 1.24 bits per heavy atom. The second-order valence-corrected chi connectivity index (χ2v) is 6.02. The summed E-state index contributed by atoms with van der Waals surface area (Å²) in [5.74, 6) is 1.65. The minimum atomic E-state index is -0.217. The van der Waals surface area contributed by atoms with Crippen LogP contribution in [0, 0.1) is 12.8 Å². The van der Waals surface area contributed by atoms with E-state index >= 15 is 0 Å². The quantitative estimate of drug-likeness (QED) is 0.938. The minimum Gasteiger partial charge on any atom is -0.393 e. The Bertz CT molecular complexity index is 594. The van der Waals surface area contributed by atoms with E-state index in [1.807, 2.05) is 12.1 Å². The van der Waals surface area contributed by atoms with Gasteiger partial charge in [0, 0.05) is 12.8 Å². The van der Waals surface area contributed by atoms with Crippen molar-refractivity contribution in [1.82, 2.24) is 10.1 Å².